The van der Waals surface area contributed by atoms with E-state index in [0.717, 1.165) is 73.9 Å². The van der Waals surface area contributed by atoms with Crippen LogP contribution in [0.5, 0.6) is 17.2 Å². The minimum Gasteiger partial charge on any atom is -0.493 e. The van der Waals surface area contributed by atoms with Crippen molar-refractivity contribution in [1.82, 2.24) is 29.4 Å². The van der Waals surface area contributed by atoms with E-state index in [0.29, 0.717) is 69.2 Å². The van der Waals surface area contributed by atoms with Crippen LogP contribution in [0.25, 0.3) is 16.6 Å². The molecule has 10 rings (SSSR count). The zero-order valence-corrected chi connectivity index (χ0v) is 40.5. The molecule has 16 nitrogen and oxygen atoms in total. The fraction of sp³-hybridized carbons (Fsp3) is 0.431. The van der Waals surface area contributed by atoms with Gasteiger partial charge in [0.25, 0.3) is 21.6 Å². The van der Waals surface area contributed by atoms with Crippen LogP contribution in [0.15, 0.2) is 89.6 Å². The van der Waals surface area contributed by atoms with Crippen molar-refractivity contribution in [1.29, 1.82) is 0 Å². The van der Waals surface area contributed by atoms with Crippen molar-refractivity contribution >= 4 is 61.4 Å². The number of nitro groups is 1. The molecule has 2 saturated heterocycles. The van der Waals surface area contributed by atoms with Crippen LogP contribution in [0.2, 0.25) is 5.02 Å². The molecule has 2 aromatic heterocycles. The van der Waals surface area contributed by atoms with Gasteiger partial charge in [-0.05, 0) is 91.5 Å². The summed E-state index contributed by atoms with van der Waals surface area (Å²) >= 11 is 6.26. The van der Waals surface area contributed by atoms with E-state index in [1.165, 1.54) is 29.0 Å². The van der Waals surface area contributed by atoms with Gasteiger partial charge in [-0.2, -0.15) is 0 Å². The van der Waals surface area contributed by atoms with Gasteiger partial charge >= 0.3 is 0 Å². The Hall–Kier alpha value is -6.01. The van der Waals surface area contributed by atoms with Gasteiger partial charge in [-0.25, -0.2) is 18.1 Å². The van der Waals surface area contributed by atoms with Crippen LogP contribution in [0, 0.1) is 27.4 Å². The van der Waals surface area contributed by atoms with Gasteiger partial charge in [0.1, 0.15) is 22.9 Å². The summed E-state index contributed by atoms with van der Waals surface area (Å²) in [5, 5.41) is 14.0. The van der Waals surface area contributed by atoms with E-state index >= 15 is 0 Å². The third-order valence-corrected chi connectivity index (χ3v) is 15.9. The maximum absolute atomic E-state index is 14.1. The van der Waals surface area contributed by atoms with Gasteiger partial charge in [0.15, 0.2) is 0 Å². The summed E-state index contributed by atoms with van der Waals surface area (Å²) in [6, 6.07) is 19.1. The average molecular weight is 978 g/mol. The molecule has 5 aliphatic rings. The average Bonchev–Trinajstić information content (AvgIpc) is 4.08. The number of aromatic amines is 1. The highest BCUT2D eigenvalue weighted by Crippen LogP contribution is 2.44. The number of allylic oxidation sites excluding steroid dienone is 1. The molecule has 2 amide bonds. The molecule has 5 heterocycles. The summed E-state index contributed by atoms with van der Waals surface area (Å²) in [4.78, 5) is 54.5. The molecule has 0 spiro atoms. The van der Waals surface area contributed by atoms with E-state index in [1.807, 2.05) is 23.1 Å². The van der Waals surface area contributed by atoms with E-state index < -0.39 is 31.4 Å². The van der Waals surface area contributed by atoms with Gasteiger partial charge in [-0.1, -0.05) is 43.2 Å². The van der Waals surface area contributed by atoms with Gasteiger partial charge in [0, 0.05) is 118 Å². The summed E-state index contributed by atoms with van der Waals surface area (Å²) in [5.74, 6) is -0.101. The summed E-state index contributed by atoms with van der Waals surface area (Å²) in [6.07, 6.45) is 8.70. The lowest BCUT2D eigenvalue weighted by atomic mass is 9.72. The Kier molecular flexibility index (Phi) is 12.9. The summed E-state index contributed by atoms with van der Waals surface area (Å²) in [7, 11) is -4.66. The number of anilines is 1. The highest BCUT2D eigenvalue weighted by atomic mass is 35.5. The van der Waals surface area contributed by atoms with Crippen LogP contribution in [0.4, 0.5) is 11.4 Å². The van der Waals surface area contributed by atoms with Gasteiger partial charge in [-0.15, -0.1) is 0 Å². The second kappa shape index (κ2) is 19.1. The van der Waals surface area contributed by atoms with Crippen molar-refractivity contribution in [2.45, 2.75) is 57.3 Å². The lowest BCUT2D eigenvalue weighted by molar-refractivity contribution is -0.386. The monoisotopic (exact) mass is 976 g/mol. The zero-order chi connectivity index (χ0) is 48.0. The number of sulfonamides is 1. The lowest BCUT2D eigenvalue weighted by Gasteiger charge is -2.39. The predicted molar refractivity (Wildman–Crippen MR) is 263 cm³/mol. The first-order valence-electron chi connectivity index (χ1n) is 23.9. The summed E-state index contributed by atoms with van der Waals surface area (Å²) < 4.78 is 42.6. The smallest absolute Gasteiger partial charge is 0.277 e. The predicted octanol–water partition coefficient (Wildman–Crippen LogP) is 7.93. The van der Waals surface area contributed by atoms with Crippen molar-refractivity contribution in [3.8, 4) is 17.2 Å². The molecular weight excluding hydrogens is 920 g/mol. The molecule has 2 aliphatic carbocycles. The van der Waals surface area contributed by atoms with Gasteiger partial charge in [0.2, 0.25) is 5.91 Å². The number of carbonyl (C=O) groups is 2. The van der Waals surface area contributed by atoms with Gasteiger partial charge in [0.05, 0.1) is 33.7 Å². The molecule has 362 valence electrons. The normalized spacial score (nSPS) is 20.1. The molecule has 0 radical (unpaired) electrons. The molecule has 0 bridgehead atoms. The number of piperazine rings is 2. The molecule has 1 saturated carbocycles. The third-order valence-electron chi connectivity index (χ3n) is 14.3. The van der Waals surface area contributed by atoms with Gasteiger partial charge < -0.3 is 24.3 Å². The third kappa shape index (κ3) is 10.5. The molecule has 2 N–H and O–H groups in total. The van der Waals surface area contributed by atoms with E-state index in [-0.39, 0.29) is 46.8 Å². The van der Waals surface area contributed by atoms with Crippen LogP contribution < -0.4 is 19.1 Å². The second-order valence-electron chi connectivity index (χ2n) is 20.0. The number of hydrogen-bond donors (Lipinski definition) is 2. The molecule has 3 aromatic carbocycles. The Bertz CT molecular complexity index is 2940. The number of H-pyrrole nitrogens is 1. The van der Waals surface area contributed by atoms with Crippen molar-refractivity contribution in [3.63, 3.8) is 0 Å². The highest BCUT2D eigenvalue weighted by Gasteiger charge is 2.37. The number of benzene rings is 3. The number of nitrogens with zero attached hydrogens (tertiary/aromatic N) is 6. The molecular formula is C51H57ClN8O8S. The molecule has 69 heavy (non-hydrogen) atoms. The Morgan fingerprint density at radius 1 is 0.971 bits per heavy atom. The first-order chi connectivity index (χ1) is 33.1. The van der Waals surface area contributed by atoms with Crippen LogP contribution >= 0.6 is 11.6 Å². The fourth-order valence-electron chi connectivity index (χ4n) is 10.3. The van der Waals surface area contributed by atoms with E-state index in [2.05, 4.69) is 55.4 Å². The SMILES string of the molecule is CC1(C)CCC(CN2CCN(c3ccc(C(=O)NS(=O)(=O)c4cc5c(c([N+](=O)[O-])c4)C[C@@H](CN4CCN(C(=O)C6CC6)CC4)CO5)c(Oc4cnc5[nH]ccc5c4)c3)CC2)=C(c2ccc(Cl)cc2)C1. The maximum atomic E-state index is 14.1. The number of hydrogen-bond acceptors (Lipinski definition) is 12. The topological polar surface area (TPSA) is 184 Å². The van der Waals surface area contributed by atoms with Crippen molar-refractivity contribution < 1.29 is 32.4 Å². The Morgan fingerprint density at radius 3 is 2.46 bits per heavy atom. The quantitative estimate of drug-likeness (QED) is 0.0860. The summed E-state index contributed by atoms with van der Waals surface area (Å²) in [6.45, 7) is 12.1. The Morgan fingerprint density at radius 2 is 1.72 bits per heavy atom. The van der Waals surface area contributed by atoms with E-state index in [1.54, 1.807) is 30.5 Å². The standard InChI is InChI=1S/C51H57ClN8O8S/c1-51(2)13-11-37(44(28-51)34-5-7-38(52)8-6-34)31-57-15-19-58(20-16-57)39-9-10-42(47(25-39)68-40-24-36-12-14-53-48(36)54-29-40)49(61)55-69(65,66)41-26-45(60(63)64)43-23-33(32-67-46(43)27-41)30-56-17-21-59(22-18-56)50(62)35-3-4-35/h5-10,12,14,24-27,29,33,35H,3-4,11,13,15-23,28,30-32H2,1-2H3,(H,53,54)(H,55,61)/t33-/m0/s1. The van der Waals surface area contributed by atoms with Crippen LogP contribution in [-0.4, -0.2) is 122 Å². The lowest BCUT2D eigenvalue weighted by Crippen LogP contribution is -2.50. The minimum atomic E-state index is -4.66. The number of carbonyl (C=O) groups excluding carboxylic acids is 2. The number of amides is 2. The molecule has 1 atom stereocenters. The Labute approximate surface area is 406 Å². The van der Waals surface area contributed by atoms with Crippen LogP contribution in [-0.2, 0) is 21.2 Å². The highest BCUT2D eigenvalue weighted by molar-refractivity contribution is 7.90. The number of aromatic nitrogens is 2. The number of nitro benzene ring substituents is 1. The van der Waals surface area contributed by atoms with Crippen LogP contribution in [0.1, 0.15) is 67.4 Å². The number of nitrogens with one attached hydrogen (secondary N) is 2. The van der Waals surface area contributed by atoms with Gasteiger partial charge in [-0.3, -0.25) is 29.5 Å². The number of halogens is 1. The van der Waals surface area contributed by atoms with E-state index in [9.17, 15) is 28.1 Å². The Balaban J connectivity index is 0.846. The molecule has 5 aromatic rings. The van der Waals surface area contributed by atoms with Crippen LogP contribution in [0.3, 0.4) is 0 Å². The molecule has 18 heteroatoms. The number of pyridine rings is 1. The molecule has 0 unspecified atom stereocenters. The molecule has 3 fully saturated rings. The summed E-state index contributed by atoms with van der Waals surface area (Å²) in [5.41, 5.74) is 5.62. The largest absolute Gasteiger partial charge is 0.493 e. The van der Waals surface area contributed by atoms with Crippen molar-refractivity contribution in [2.75, 3.05) is 77.0 Å². The zero-order valence-electron chi connectivity index (χ0n) is 38.9. The minimum absolute atomic E-state index is 0.0543. The first-order valence-corrected chi connectivity index (χ1v) is 25.7. The number of rotatable bonds is 13. The van der Waals surface area contributed by atoms with Crippen molar-refractivity contribution in [2.24, 2.45) is 17.3 Å². The molecule has 3 aliphatic heterocycles. The first kappa shape index (κ1) is 46.7. The number of ether oxygens (including phenoxy) is 2. The van der Waals surface area contributed by atoms with E-state index in [4.69, 9.17) is 21.1 Å². The number of fused-ring (bicyclic) bond motifs is 2. The van der Waals surface area contributed by atoms with Crippen molar-refractivity contribution in [3.05, 3.63) is 117 Å². The second-order valence-corrected chi connectivity index (χ2v) is 22.1. The maximum Gasteiger partial charge on any atom is 0.277 e. The fourth-order valence-corrected chi connectivity index (χ4v) is 11.4.